The van der Waals surface area contributed by atoms with Crippen LogP contribution in [0.2, 0.25) is 0 Å². The molecule has 2 aliphatic rings. The molecule has 0 aliphatic carbocycles. The van der Waals surface area contributed by atoms with Crippen LogP contribution in [-0.2, 0) is 9.84 Å². The number of pyridine rings is 1. The summed E-state index contributed by atoms with van der Waals surface area (Å²) in [5, 5.41) is 0. The van der Waals surface area contributed by atoms with Crippen LogP contribution < -0.4 is 4.74 Å². The van der Waals surface area contributed by atoms with Crippen molar-refractivity contribution in [2.75, 3.05) is 31.1 Å². The van der Waals surface area contributed by atoms with Crippen molar-refractivity contribution < 1.29 is 13.2 Å². The Morgan fingerprint density at radius 3 is 2.82 bits per heavy atom. The molecule has 0 bridgehead atoms. The van der Waals surface area contributed by atoms with Gasteiger partial charge in [0.15, 0.2) is 0 Å². The number of likely N-dealkylation sites (tertiary alicyclic amines) is 1. The number of nitrogens with zero attached hydrogens (tertiary/aromatic N) is 2. The topological polar surface area (TPSA) is 59.5 Å². The Morgan fingerprint density at radius 1 is 1.32 bits per heavy atom. The van der Waals surface area contributed by atoms with Gasteiger partial charge >= 0.3 is 0 Å². The molecular formula is C15H21BrN2O3S. The highest BCUT2D eigenvalue weighted by atomic mass is 79.9. The van der Waals surface area contributed by atoms with Crippen molar-refractivity contribution in [1.82, 2.24) is 9.88 Å². The van der Waals surface area contributed by atoms with E-state index in [1.807, 2.05) is 6.07 Å². The molecule has 0 N–H and O–H groups in total. The molecule has 3 heterocycles. The van der Waals surface area contributed by atoms with E-state index in [0.717, 1.165) is 49.1 Å². The molecule has 22 heavy (non-hydrogen) atoms. The largest absolute Gasteiger partial charge is 0.488 e. The van der Waals surface area contributed by atoms with Crippen LogP contribution in [0.5, 0.6) is 5.75 Å². The van der Waals surface area contributed by atoms with Gasteiger partial charge in [-0.05, 0) is 47.2 Å². The molecule has 1 unspecified atom stereocenters. The lowest BCUT2D eigenvalue weighted by Gasteiger charge is -2.26. The smallest absolute Gasteiger partial charge is 0.150 e. The van der Waals surface area contributed by atoms with E-state index in [0.29, 0.717) is 17.4 Å². The highest BCUT2D eigenvalue weighted by Gasteiger charge is 2.29. The van der Waals surface area contributed by atoms with Crippen LogP contribution in [0.15, 0.2) is 22.9 Å². The minimum atomic E-state index is -2.76. The molecule has 2 saturated heterocycles. The zero-order valence-corrected chi connectivity index (χ0v) is 14.9. The van der Waals surface area contributed by atoms with Crippen molar-refractivity contribution in [3.05, 3.63) is 22.9 Å². The molecule has 2 aliphatic heterocycles. The van der Waals surface area contributed by atoms with E-state index in [1.165, 1.54) is 0 Å². The number of rotatable bonds is 4. The predicted molar refractivity (Wildman–Crippen MR) is 88.8 cm³/mol. The van der Waals surface area contributed by atoms with Crippen LogP contribution in [0.3, 0.4) is 0 Å². The third-order valence-electron chi connectivity index (χ3n) is 4.45. The molecule has 0 spiro atoms. The first-order valence-electron chi connectivity index (χ1n) is 7.71. The highest BCUT2D eigenvalue weighted by Crippen LogP contribution is 2.27. The van der Waals surface area contributed by atoms with Crippen molar-refractivity contribution >= 4 is 25.8 Å². The maximum atomic E-state index is 11.5. The predicted octanol–water partition coefficient (Wildman–Crippen LogP) is 2.12. The molecule has 0 radical (unpaired) electrons. The van der Waals surface area contributed by atoms with Crippen molar-refractivity contribution in [2.24, 2.45) is 5.92 Å². The maximum absolute atomic E-state index is 11.5. The van der Waals surface area contributed by atoms with Crippen LogP contribution in [0.1, 0.15) is 19.3 Å². The molecule has 0 aromatic carbocycles. The Morgan fingerprint density at radius 2 is 2.09 bits per heavy atom. The number of aromatic nitrogens is 1. The number of halogens is 1. The minimum Gasteiger partial charge on any atom is -0.488 e. The van der Waals surface area contributed by atoms with Gasteiger partial charge in [-0.15, -0.1) is 0 Å². The van der Waals surface area contributed by atoms with Crippen molar-refractivity contribution in [3.8, 4) is 5.75 Å². The first kappa shape index (κ1) is 16.2. The van der Waals surface area contributed by atoms with Crippen LogP contribution in [0.25, 0.3) is 0 Å². The molecule has 122 valence electrons. The van der Waals surface area contributed by atoms with Gasteiger partial charge in [0.1, 0.15) is 21.7 Å². The van der Waals surface area contributed by atoms with E-state index in [2.05, 4.69) is 25.8 Å². The fourth-order valence-corrected chi connectivity index (χ4v) is 5.12. The van der Waals surface area contributed by atoms with Gasteiger partial charge in [-0.1, -0.05) is 0 Å². The summed E-state index contributed by atoms with van der Waals surface area (Å²) in [4.78, 5) is 6.44. The minimum absolute atomic E-state index is 0.200. The average molecular weight is 389 g/mol. The van der Waals surface area contributed by atoms with Gasteiger partial charge in [0.05, 0.1) is 16.0 Å². The summed E-state index contributed by atoms with van der Waals surface area (Å²) < 4.78 is 29.9. The number of hydrogen-bond acceptors (Lipinski definition) is 5. The Kier molecular flexibility index (Phi) is 5.04. The molecule has 1 aromatic rings. The van der Waals surface area contributed by atoms with Gasteiger partial charge in [-0.25, -0.2) is 8.42 Å². The fourth-order valence-electron chi connectivity index (χ4n) is 3.18. The summed E-state index contributed by atoms with van der Waals surface area (Å²) in [5.41, 5.74) is 0. The standard InChI is InChI=1S/C15H21BrN2O3S/c16-14-9-17-5-1-15(14)21-13-2-6-18(11-13)10-12-3-7-22(19,20)8-4-12/h1,5,9,12-13H,2-4,6-8,10-11H2. The molecular weight excluding hydrogens is 368 g/mol. The second-order valence-electron chi connectivity index (χ2n) is 6.19. The first-order valence-corrected chi connectivity index (χ1v) is 10.3. The second-order valence-corrected chi connectivity index (χ2v) is 9.35. The molecule has 1 atom stereocenters. The maximum Gasteiger partial charge on any atom is 0.150 e. The van der Waals surface area contributed by atoms with Crippen molar-refractivity contribution in [2.45, 2.75) is 25.4 Å². The third kappa shape index (κ3) is 4.20. The summed E-state index contributed by atoms with van der Waals surface area (Å²) >= 11 is 3.45. The van der Waals surface area contributed by atoms with Crippen LogP contribution >= 0.6 is 15.9 Å². The Bertz CT molecular complexity index is 609. The van der Waals surface area contributed by atoms with E-state index >= 15 is 0 Å². The first-order chi connectivity index (χ1) is 10.5. The van der Waals surface area contributed by atoms with Gasteiger partial charge in [-0.3, -0.25) is 9.88 Å². The molecule has 0 amide bonds. The van der Waals surface area contributed by atoms with Crippen molar-refractivity contribution in [3.63, 3.8) is 0 Å². The lowest BCUT2D eigenvalue weighted by molar-refractivity contribution is 0.188. The van der Waals surface area contributed by atoms with E-state index in [-0.39, 0.29) is 6.10 Å². The van der Waals surface area contributed by atoms with Gasteiger partial charge < -0.3 is 4.74 Å². The zero-order valence-electron chi connectivity index (χ0n) is 12.4. The van der Waals surface area contributed by atoms with E-state index in [1.54, 1.807) is 12.4 Å². The summed E-state index contributed by atoms with van der Waals surface area (Å²) in [6, 6.07) is 1.87. The zero-order chi connectivity index (χ0) is 15.6. The fraction of sp³-hybridized carbons (Fsp3) is 0.667. The van der Waals surface area contributed by atoms with Gasteiger partial charge in [0, 0.05) is 32.0 Å². The lowest BCUT2D eigenvalue weighted by Crippen LogP contribution is -2.34. The van der Waals surface area contributed by atoms with Crippen LogP contribution in [0, 0.1) is 5.92 Å². The summed E-state index contributed by atoms with van der Waals surface area (Å²) in [6.07, 6.45) is 6.30. The highest BCUT2D eigenvalue weighted by molar-refractivity contribution is 9.10. The molecule has 0 saturated carbocycles. The SMILES string of the molecule is O=S1(=O)CCC(CN2CCC(Oc3ccncc3Br)C2)CC1. The lowest BCUT2D eigenvalue weighted by atomic mass is 10.0. The molecule has 1 aromatic heterocycles. The van der Waals surface area contributed by atoms with E-state index in [9.17, 15) is 8.42 Å². The van der Waals surface area contributed by atoms with E-state index in [4.69, 9.17) is 4.74 Å². The van der Waals surface area contributed by atoms with Gasteiger partial charge in [0.25, 0.3) is 0 Å². The molecule has 2 fully saturated rings. The molecule has 3 rings (SSSR count). The summed E-state index contributed by atoms with van der Waals surface area (Å²) in [5.74, 6) is 2.06. The Hall–Kier alpha value is -0.660. The molecule has 7 heteroatoms. The number of hydrogen-bond donors (Lipinski definition) is 0. The van der Waals surface area contributed by atoms with E-state index < -0.39 is 9.84 Å². The average Bonchev–Trinajstić information content (AvgIpc) is 2.91. The monoisotopic (exact) mass is 388 g/mol. The summed E-state index contributed by atoms with van der Waals surface area (Å²) in [6.45, 7) is 2.93. The van der Waals surface area contributed by atoms with Crippen LogP contribution in [0.4, 0.5) is 0 Å². The summed E-state index contributed by atoms with van der Waals surface area (Å²) in [7, 11) is -2.76. The quantitative estimate of drug-likeness (QED) is 0.790. The number of ether oxygens (including phenoxy) is 1. The van der Waals surface area contributed by atoms with Gasteiger partial charge in [-0.2, -0.15) is 0 Å². The normalized spacial score (nSPS) is 26.1. The second kappa shape index (κ2) is 6.84. The molecule has 5 nitrogen and oxygen atoms in total. The Labute approximate surface area is 140 Å². The van der Waals surface area contributed by atoms with Crippen molar-refractivity contribution in [1.29, 1.82) is 0 Å². The van der Waals surface area contributed by atoms with Crippen LogP contribution in [-0.4, -0.2) is 55.5 Å². The third-order valence-corrected chi connectivity index (χ3v) is 6.76. The van der Waals surface area contributed by atoms with Gasteiger partial charge in [0.2, 0.25) is 0 Å². The Balaban J connectivity index is 1.48. The number of sulfone groups is 1.